The maximum atomic E-state index is 12.2. The highest BCUT2D eigenvalue weighted by Crippen LogP contribution is 2.10. The molecule has 1 amide bonds. The first kappa shape index (κ1) is 15.0. The van der Waals surface area contributed by atoms with Gasteiger partial charge >= 0.3 is 0 Å². The molecule has 1 aromatic heterocycles. The van der Waals surface area contributed by atoms with Crippen molar-refractivity contribution in [2.75, 3.05) is 19.7 Å². The van der Waals surface area contributed by atoms with Crippen molar-refractivity contribution >= 4 is 5.91 Å². The van der Waals surface area contributed by atoms with E-state index in [1.54, 1.807) is 10.9 Å². The number of nitrogens with zero attached hydrogens (tertiary/aromatic N) is 3. The molecule has 0 radical (unpaired) electrons. The van der Waals surface area contributed by atoms with E-state index in [1.165, 1.54) is 6.42 Å². The third-order valence-electron chi connectivity index (χ3n) is 3.67. The molecule has 1 atom stereocenters. The van der Waals surface area contributed by atoms with Crippen LogP contribution in [-0.2, 0) is 17.9 Å². The van der Waals surface area contributed by atoms with E-state index in [0.717, 1.165) is 31.5 Å². The van der Waals surface area contributed by atoms with Crippen molar-refractivity contribution in [1.82, 2.24) is 20.0 Å². The topological polar surface area (TPSA) is 70.4 Å². The predicted octanol–water partition coefficient (Wildman–Crippen LogP) is 0.366. The summed E-state index contributed by atoms with van der Waals surface area (Å²) in [5.41, 5.74) is 1.02. The maximum absolute atomic E-state index is 12.2. The van der Waals surface area contributed by atoms with Gasteiger partial charge in [0.05, 0.1) is 25.4 Å². The van der Waals surface area contributed by atoms with Crippen molar-refractivity contribution in [2.45, 2.75) is 45.3 Å². The second-order valence-electron chi connectivity index (χ2n) is 5.32. The van der Waals surface area contributed by atoms with Crippen LogP contribution in [0.15, 0.2) is 12.4 Å². The van der Waals surface area contributed by atoms with Crippen LogP contribution in [0.1, 0.15) is 31.7 Å². The second kappa shape index (κ2) is 7.40. The van der Waals surface area contributed by atoms with Crippen LogP contribution in [0, 0.1) is 0 Å². The highest BCUT2D eigenvalue weighted by atomic mass is 16.3. The van der Waals surface area contributed by atoms with Crippen molar-refractivity contribution in [3.8, 4) is 0 Å². The highest BCUT2D eigenvalue weighted by molar-refractivity contribution is 5.81. The molecule has 2 heterocycles. The average Bonchev–Trinajstić information content (AvgIpc) is 2.93. The number of nitrogens with one attached hydrogen (secondary N) is 1. The molecule has 0 aliphatic carbocycles. The van der Waals surface area contributed by atoms with Crippen LogP contribution in [0.4, 0.5) is 0 Å². The lowest BCUT2D eigenvalue weighted by molar-refractivity contribution is -0.133. The SMILES string of the molecule is CC(NCc1cnn(CCO)c1)C(=O)N1CCCCC1. The van der Waals surface area contributed by atoms with Crippen LogP contribution in [0.2, 0.25) is 0 Å². The van der Waals surface area contributed by atoms with E-state index < -0.39 is 0 Å². The number of likely N-dealkylation sites (tertiary alicyclic amines) is 1. The van der Waals surface area contributed by atoms with E-state index in [4.69, 9.17) is 5.11 Å². The average molecular weight is 280 g/mol. The zero-order chi connectivity index (χ0) is 14.4. The van der Waals surface area contributed by atoms with Gasteiger partial charge in [-0.05, 0) is 26.2 Å². The minimum Gasteiger partial charge on any atom is -0.394 e. The molecule has 20 heavy (non-hydrogen) atoms. The molecule has 0 aromatic carbocycles. The Kier molecular flexibility index (Phi) is 5.55. The summed E-state index contributed by atoms with van der Waals surface area (Å²) in [5, 5.41) is 16.2. The van der Waals surface area contributed by atoms with Gasteiger partial charge in [-0.25, -0.2) is 0 Å². The Labute approximate surface area is 119 Å². The molecule has 1 aliphatic heterocycles. The van der Waals surface area contributed by atoms with Gasteiger partial charge in [0.25, 0.3) is 0 Å². The Bertz CT molecular complexity index is 427. The summed E-state index contributed by atoms with van der Waals surface area (Å²) in [5.74, 6) is 0.187. The quantitative estimate of drug-likeness (QED) is 0.789. The Balaban J connectivity index is 1.78. The van der Waals surface area contributed by atoms with E-state index in [9.17, 15) is 4.79 Å². The number of piperidine rings is 1. The largest absolute Gasteiger partial charge is 0.394 e. The van der Waals surface area contributed by atoms with E-state index in [2.05, 4.69) is 10.4 Å². The van der Waals surface area contributed by atoms with Crippen molar-refractivity contribution in [3.63, 3.8) is 0 Å². The third-order valence-corrected chi connectivity index (χ3v) is 3.67. The summed E-state index contributed by atoms with van der Waals surface area (Å²) in [7, 11) is 0. The fourth-order valence-corrected chi connectivity index (χ4v) is 2.47. The Hall–Kier alpha value is -1.40. The number of aliphatic hydroxyl groups is 1. The monoisotopic (exact) mass is 280 g/mol. The van der Waals surface area contributed by atoms with Gasteiger partial charge in [-0.1, -0.05) is 0 Å². The molecular formula is C14H24N4O2. The molecule has 2 N–H and O–H groups in total. The van der Waals surface area contributed by atoms with Crippen LogP contribution in [-0.4, -0.2) is 51.4 Å². The molecule has 6 nitrogen and oxygen atoms in total. The van der Waals surface area contributed by atoms with Crippen molar-refractivity contribution < 1.29 is 9.90 Å². The number of carbonyl (C=O) groups is 1. The standard InChI is InChI=1S/C14H24N4O2/c1-12(14(20)17-5-3-2-4-6-17)15-9-13-10-16-18(11-13)7-8-19/h10-12,15,19H,2-9H2,1H3. The van der Waals surface area contributed by atoms with Crippen molar-refractivity contribution in [2.24, 2.45) is 0 Å². The van der Waals surface area contributed by atoms with Crippen LogP contribution >= 0.6 is 0 Å². The van der Waals surface area contributed by atoms with Crippen LogP contribution in [0.3, 0.4) is 0 Å². The van der Waals surface area contributed by atoms with Gasteiger partial charge in [-0.3, -0.25) is 9.48 Å². The molecule has 1 unspecified atom stereocenters. The van der Waals surface area contributed by atoms with Gasteiger partial charge in [0, 0.05) is 31.4 Å². The summed E-state index contributed by atoms with van der Waals surface area (Å²) in [6.07, 6.45) is 7.12. The summed E-state index contributed by atoms with van der Waals surface area (Å²) >= 11 is 0. The molecule has 1 aromatic rings. The normalized spacial score (nSPS) is 17.2. The molecule has 0 saturated carbocycles. The van der Waals surface area contributed by atoms with Crippen molar-refractivity contribution in [1.29, 1.82) is 0 Å². The molecule has 2 rings (SSSR count). The first-order valence-electron chi connectivity index (χ1n) is 7.35. The van der Waals surface area contributed by atoms with Crippen LogP contribution in [0.25, 0.3) is 0 Å². The molecule has 0 spiro atoms. The number of aliphatic hydroxyl groups excluding tert-OH is 1. The third kappa shape index (κ3) is 4.05. The lowest BCUT2D eigenvalue weighted by Gasteiger charge is -2.29. The molecule has 6 heteroatoms. The summed E-state index contributed by atoms with van der Waals surface area (Å²) in [6.45, 7) is 4.89. The van der Waals surface area contributed by atoms with E-state index in [1.807, 2.05) is 18.0 Å². The number of aromatic nitrogens is 2. The van der Waals surface area contributed by atoms with Gasteiger partial charge < -0.3 is 15.3 Å². The highest BCUT2D eigenvalue weighted by Gasteiger charge is 2.21. The predicted molar refractivity (Wildman–Crippen MR) is 76.0 cm³/mol. The second-order valence-corrected chi connectivity index (χ2v) is 5.32. The van der Waals surface area contributed by atoms with Crippen molar-refractivity contribution in [3.05, 3.63) is 18.0 Å². The lowest BCUT2D eigenvalue weighted by Crippen LogP contribution is -2.46. The Morgan fingerprint density at radius 1 is 1.45 bits per heavy atom. The van der Waals surface area contributed by atoms with Gasteiger partial charge in [0.15, 0.2) is 0 Å². The van der Waals surface area contributed by atoms with Gasteiger partial charge in [0.1, 0.15) is 0 Å². The number of hydrogen-bond donors (Lipinski definition) is 2. The van der Waals surface area contributed by atoms with E-state index in [0.29, 0.717) is 13.1 Å². The Morgan fingerprint density at radius 3 is 2.90 bits per heavy atom. The number of carbonyl (C=O) groups excluding carboxylic acids is 1. The molecule has 1 fully saturated rings. The zero-order valence-corrected chi connectivity index (χ0v) is 12.1. The number of amides is 1. The Morgan fingerprint density at radius 2 is 2.20 bits per heavy atom. The summed E-state index contributed by atoms with van der Waals surface area (Å²) in [6, 6.07) is -0.172. The van der Waals surface area contributed by atoms with Crippen LogP contribution in [0.5, 0.6) is 0 Å². The van der Waals surface area contributed by atoms with E-state index in [-0.39, 0.29) is 18.6 Å². The summed E-state index contributed by atoms with van der Waals surface area (Å²) in [4.78, 5) is 14.2. The summed E-state index contributed by atoms with van der Waals surface area (Å²) < 4.78 is 1.70. The first-order chi connectivity index (χ1) is 9.70. The minimum atomic E-state index is -0.172. The van der Waals surface area contributed by atoms with Gasteiger partial charge in [-0.15, -0.1) is 0 Å². The number of hydrogen-bond acceptors (Lipinski definition) is 4. The lowest BCUT2D eigenvalue weighted by atomic mass is 10.1. The molecule has 0 bridgehead atoms. The molecule has 112 valence electrons. The minimum absolute atomic E-state index is 0.0817. The molecule has 1 aliphatic rings. The zero-order valence-electron chi connectivity index (χ0n) is 12.1. The van der Waals surface area contributed by atoms with Gasteiger partial charge in [-0.2, -0.15) is 5.10 Å². The smallest absolute Gasteiger partial charge is 0.239 e. The first-order valence-corrected chi connectivity index (χ1v) is 7.35. The fraction of sp³-hybridized carbons (Fsp3) is 0.714. The van der Waals surface area contributed by atoms with Crippen LogP contribution < -0.4 is 5.32 Å². The van der Waals surface area contributed by atoms with Gasteiger partial charge in [0.2, 0.25) is 5.91 Å². The molecular weight excluding hydrogens is 256 g/mol. The fourth-order valence-electron chi connectivity index (χ4n) is 2.47. The molecule has 1 saturated heterocycles. The maximum Gasteiger partial charge on any atom is 0.239 e. The number of rotatable bonds is 6. The van der Waals surface area contributed by atoms with E-state index >= 15 is 0 Å².